The third kappa shape index (κ3) is 3.74. The van der Waals surface area contributed by atoms with Crippen LogP contribution in [-0.4, -0.2) is 38.9 Å². The van der Waals surface area contributed by atoms with Gasteiger partial charge in [0.25, 0.3) is 0 Å². The van der Waals surface area contributed by atoms with Crippen molar-refractivity contribution in [1.82, 2.24) is 9.62 Å². The van der Waals surface area contributed by atoms with Gasteiger partial charge in [0, 0.05) is 19.6 Å². The highest BCUT2D eigenvalue weighted by Gasteiger charge is 2.26. The fourth-order valence-corrected chi connectivity index (χ4v) is 4.14. The number of nitrogens with one attached hydrogen (secondary N) is 1. The van der Waals surface area contributed by atoms with E-state index in [2.05, 4.69) is 5.32 Å². The number of hydrogen-bond acceptors (Lipinski definition) is 4. The normalized spacial score (nSPS) is 19.4. The first-order valence-corrected chi connectivity index (χ1v) is 8.66. The van der Waals surface area contributed by atoms with E-state index < -0.39 is 10.0 Å². The standard InChI is InChI=1S/C14H18ClN3O2S/c1-18(10-12-4-2-3-7-17-12)21(19,20)14-8-11(9-16)5-6-13(14)15/h5-6,8,12,17H,2-4,7,10H2,1H3. The second-order valence-electron chi connectivity index (χ2n) is 5.19. The summed E-state index contributed by atoms with van der Waals surface area (Å²) < 4.78 is 26.5. The lowest BCUT2D eigenvalue weighted by Gasteiger charge is -2.28. The van der Waals surface area contributed by atoms with Crippen LogP contribution >= 0.6 is 11.6 Å². The third-order valence-corrected chi connectivity index (χ3v) is 5.94. The fourth-order valence-electron chi connectivity index (χ4n) is 2.43. The van der Waals surface area contributed by atoms with Gasteiger partial charge in [-0.1, -0.05) is 18.0 Å². The van der Waals surface area contributed by atoms with Crippen molar-refractivity contribution >= 4 is 21.6 Å². The summed E-state index contributed by atoms with van der Waals surface area (Å²) in [5, 5.41) is 12.4. The Morgan fingerprint density at radius 2 is 2.24 bits per heavy atom. The van der Waals surface area contributed by atoms with Gasteiger partial charge in [0.1, 0.15) is 4.90 Å². The molecule has 1 aliphatic rings. The van der Waals surface area contributed by atoms with Crippen LogP contribution in [0.3, 0.4) is 0 Å². The van der Waals surface area contributed by atoms with E-state index in [-0.39, 0.29) is 21.5 Å². The SMILES string of the molecule is CN(CC1CCCCN1)S(=O)(=O)c1cc(C#N)ccc1Cl. The maximum Gasteiger partial charge on any atom is 0.244 e. The van der Waals surface area contributed by atoms with Gasteiger partial charge in [0.05, 0.1) is 16.7 Å². The number of nitrogens with zero attached hydrogens (tertiary/aromatic N) is 2. The molecule has 1 aromatic rings. The molecule has 1 fully saturated rings. The molecular formula is C14H18ClN3O2S. The molecule has 21 heavy (non-hydrogen) atoms. The molecular weight excluding hydrogens is 310 g/mol. The molecule has 114 valence electrons. The number of halogens is 1. The van der Waals surface area contributed by atoms with Gasteiger partial charge in [-0.05, 0) is 37.6 Å². The average molecular weight is 328 g/mol. The van der Waals surface area contributed by atoms with Crippen LogP contribution in [0.2, 0.25) is 5.02 Å². The van der Waals surface area contributed by atoms with Crippen LogP contribution in [0.1, 0.15) is 24.8 Å². The van der Waals surface area contributed by atoms with Crippen molar-refractivity contribution in [3.8, 4) is 6.07 Å². The lowest BCUT2D eigenvalue weighted by atomic mass is 10.1. The minimum absolute atomic E-state index is 0.0125. The number of rotatable bonds is 4. The summed E-state index contributed by atoms with van der Waals surface area (Å²) in [6.45, 7) is 1.32. The number of likely N-dealkylation sites (N-methyl/N-ethyl adjacent to an activating group) is 1. The Hall–Kier alpha value is -1.13. The molecule has 0 aromatic heterocycles. The fraction of sp³-hybridized carbons (Fsp3) is 0.500. The molecule has 0 saturated carbocycles. The quantitative estimate of drug-likeness (QED) is 0.917. The predicted octanol–water partition coefficient (Wildman–Crippen LogP) is 1.97. The lowest BCUT2D eigenvalue weighted by molar-refractivity contribution is 0.337. The van der Waals surface area contributed by atoms with Crippen LogP contribution < -0.4 is 5.32 Å². The number of nitriles is 1. The van der Waals surface area contributed by atoms with Crippen molar-refractivity contribution in [2.24, 2.45) is 0 Å². The molecule has 1 N–H and O–H groups in total. The Labute approximate surface area is 130 Å². The molecule has 1 unspecified atom stereocenters. The highest BCUT2D eigenvalue weighted by molar-refractivity contribution is 7.89. The maximum absolute atomic E-state index is 12.6. The summed E-state index contributed by atoms with van der Waals surface area (Å²) >= 11 is 5.99. The van der Waals surface area contributed by atoms with Gasteiger partial charge in [-0.15, -0.1) is 0 Å². The summed E-state index contributed by atoms with van der Waals surface area (Å²) in [5.41, 5.74) is 0.280. The Morgan fingerprint density at radius 3 is 2.86 bits per heavy atom. The van der Waals surface area contributed by atoms with Crippen molar-refractivity contribution in [2.75, 3.05) is 20.1 Å². The molecule has 1 saturated heterocycles. The molecule has 0 bridgehead atoms. The summed E-state index contributed by atoms with van der Waals surface area (Å²) in [5.74, 6) is 0. The molecule has 0 amide bonds. The van der Waals surface area contributed by atoms with Crippen LogP contribution in [0.5, 0.6) is 0 Å². The van der Waals surface area contributed by atoms with E-state index in [4.69, 9.17) is 16.9 Å². The minimum Gasteiger partial charge on any atom is -0.313 e. The van der Waals surface area contributed by atoms with Crippen LogP contribution in [-0.2, 0) is 10.0 Å². The van der Waals surface area contributed by atoms with E-state index >= 15 is 0 Å². The van der Waals surface area contributed by atoms with Crippen molar-refractivity contribution in [1.29, 1.82) is 5.26 Å². The van der Waals surface area contributed by atoms with Gasteiger partial charge >= 0.3 is 0 Å². The average Bonchev–Trinajstić information content (AvgIpc) is 2.48. The number of benzene rings is 1. The molecule has 1 atom stereocenters. The maximum atomic E-state index is 12.6. The molecule has 2 rings (SSSR count). The van der Waals surface area contributed by atoms with Crippen molar-refractivity contribution < 1.29 is 8.42 Å². The van der Waals surface area contributed by atoms with Crippen LogP contribution in [0, 0.1) is 11.3 Å². The van der Waals surface area contributed by atoms with Gasteiger partial charge in [0.15, 0.2) is 0 Å². The van der Waals surface area contributed by atoms with Crippen molar-refractivity contribution in [3.05, 3.63) is 28.8 Å². The first kappa shape index (κ1) is 16.2. The Balaban J connectivity index is 2.22. The molecule has 5 nitrogen and oxygen atoms in total. The number of sulfonamides is 1. The highest BCUT2D eigenvalue weighted by Crippen LogP contribution is 2.25. The van der Waals surface area contributed by atoms with Crippen LogP contribution in [0.25, 0.3) is 0 Å². The van der Waals surface area contributed by atoms with E-state index in [9.17, 15) is 8.42 Å². The van der Waals surface area contributed by atoms with E-state index in [1.165, 1.54) is 22.5 Å². The number of hydrogen-bond donors (Lipinski definition) is 1. The molecule has 0 spiro atoms. The monoisotopic (exact) mass is 327 g/mol. The second kappa shape index (κ2) is 6.75. The molecule has 1 aromatic carbocycles. The Bertz CT molecular complexity index is 649. The molecule has 1 aliphatic heterocycles. The van der Waals surface area contributed by atoms with Gasteiger partial charge in [-0.2, -0.15) is 9.57 Å². The lowest BCUT2D eigenvalue weighted by Crippen LogP contribution is -2.44. The van der Waals surface area contributed by atoms with E-state index in [1.54, 1.807) is 7.05 Å². The first-order chi connectivity index (χ1) is 9.95. The molecule has 0 aliphatic carbocycles. The second-order valence-corrected chi connectivity index (χ2v) is 7.61. The van der Waals surface area contributed by atoms with Crippen LogP contribution in [0.15, 0.2) is 23.1 Å². The zero-order chi connectivity index (χ0) is 15.5. The summed E-state index contributed by atoms with van der Waals surface area (Å²) in [7, 11) is -2.15. The van der Waals surface area contributed by atoms with E-state index in [0.717, 1.165) is 25.8 Å². The van der Waals surface area contributed by atoms with Crippen molar-refractivity contribution in [3.63, 3.8) is 0 Å². The van der Waals surface area contributed by atoms with E-state index in [1.807, 2.05) is 6.07 Å². The highest BCUT2D eigenvalue weighted by atomic mass is 35.5. The molecule has 0 radical (unpaired) electrons. The van der Waals surface area contributed by atoms with Gasteiger partial charge in [0.2, 0.25) is 10.0 Å². The zero-order valence-electron chi connectivity index (χ0n) is 11.8. The van der Waals surface area contributed by atoms with Gasteiger partial charge in [-0.25, -0.2) is 8.42 Å². The van der Waals surface area contributed by atoms with Gasteiger partial charge < -0.3 is 5.32 Å². The van der Waals surface area contributed by atoms with Crippen molar-refractivity contribution in [2.45, 2.75) is 30.2 Å². The van der Waals surface area contributed by atoms with Crippen LogP contribution in [0.4, 0.5) is 0 Å². The minimum atomic E-state index is -3.69. The number of piperidine rings is 1. The summed E-state index contributed by atoms with van der Waals surface area (Å²) in [4.78, 5) is -0.0125. The summed E-state index contributed by atoms with van der Waals surface area (Å²) in [6, 6.07) is 6.37. The zero-order valence-corrected chi connectivity index (χ0v) is 13.4. The smallest absolute Gasteiger partial charge is 0.244 e. The third-order valence-electron chi connectivity index (χ3n) is 3.64. The molecule has 1 heterocycles. The summed E-state index contributed by atoms with van der Waals surface area (Å²) in [6.07, 6.45) is 3.20. The predicted molar refractivity (Wildman–Crippen MR) is 81.6 cm³/mol. The molecule has 7 heteroatoms. The Kier molecular flexibility index (Phi) is 5.22. The van der Waals surface area contributed by atoms with E-state index in [0.29, 0.717) is 6.54 Å². The largest absolute Gasteiger partial charge is 0.313 e. The topological polar surface area (TPSA) is 73.2 Å². The van der Waals surface area contributed by atoms with Gasteiger partial charge in [-0.3, -0.25) is 0 Å². The Morgan fingerprint density at radius 1 is 1.48 bits per heavy atom. The first-order valence-electron chi connectivity index (χ1n) is 6.84.